The van der Waals surface area contributed by atoms with E-state index in [1.165, 1.54) is 0 Å². The molecular weight excluding hydrogens is 136 g/mol. The predicted molar refractivity (Wildman–Crippen MR) is 37.8 cm³/mol. The fourth-order valence-corrected chi connectivity index (χ4v) is 1.28. The molecule has 0 saturated heterocycles. The van der Waals surface area contributed by atoms with E-state index in [1.807, 2.05) is 13.8 Å². The van der Waals surface area contributed by atoms with E-state index in [0.717, 1.165) is 6.42 Å². The smallest absolute Gasteiger partial charge is 0.0189 e. The average molecular weight is 149 g/mol. The molecule has 2 unspecified atom stereocenters. The Labute approximate surface area is 58.9 Å². The van der Waals surface area contributed by atoms with Crippen LogP contribution in [0.5, 0.6) is 0 Å². The first kappa shape index (κ1) is 9.11. The maximum Gasteiger partial charge on any atom is 0.0189 e. The monoisotopic (exact) mass is 149 g/mol. The van der Waals surface area contributed by atoms with Gasteiger partial charge in [-0.15, -0.1) is 0 Å². The summed E-state index contributed by atoms with van der Waals surface area (Å²) < 4.78 is 20.5. The van der Waals surface area contributed by atoms with Crippen LogP contribution in [0.25, 0.3) is 0 Å². The van der Waals surface area contributed by atoms with Gasteiger partial charge in [0.2, 0.25) is 0 Å². The molecule has 0 aliphatic rings. The molecule has 0 heterocycles. The van der Waals surface area contributed by atoms with Crippen molar-refractivity contribution in [3.63, 3.8) is 0 Å². The Morgan fingerprint density at radius 3 is 2.00 bits per heavy atom. The standard InChI is InChI=1S/C6H14O2S/c1-5(2)4-6(3)9(7)8/h5-6H,4H2,1-3H3,(H,7,8)/p-1. The number of hydrogen-bond acceptors (Lipinski definition) is 2. The van der Waals surface area contributed by atoms with Gasteiger partial charge < -0.3 is 4.55 Å². The summed E-state index contributed by atoms with van der Waals surface area (Å²) in [5, 5.41) is -0.190. The zero-order valence-corrected chi connectivity index (χ0v) is 6.90. The summed E-state index contributed by atoms with van der Waals surface area (Å²) in [7, 11) is 0. The van der Waals surface area contributed by atoms with Crippen molar-refractivity contribution < 1.29 is 8.76 Å². The third-order valence-electron chi connectivity index (χ3n) is 1.13. The first-order valence-corrected chi connectivity index (χ1v) is 4.26. The molecule has 0 saturated carbocycles. The van der Waals surface area contributed by atoms with Crippen LogP contribution in [-0.2, 0) is 11.1 Å². The normalized spacial score (nSPS) is 17.9. The molecule has 3 heteroatoms. The number of rotatable bonds is 3. The fraction of sp³-hybridized carbons (Fsp3) is 1.00. The van der Waals surface area contributed by atoms with Crippen molar-refractivity contribution in [3.05, 3.63) is 0 Å². The fourth-order valence-electron chi connectivity index (χ4n) is 0.742. The van der Waals surface area contributed by atoms with Crippen LogP contribution >= 0.6 is 0 Å². The van der Waals surface area contributed by atoms with Crippen LogP contribution in [0.3, 0.4) is 0 Å². The van der Waals surface area contributed by atoms with E-state index >= 15 is 0 Å². The topological polar surface area (TPSA) is 40.1 Å². The Morgan fingerprint density at radius 2 is 1.89 bits per heavy atom. The van der Waals surface area contributed by atoms with E-state index in [0.29, 0.717) is 5.92 Å². The van der Waals surface area contributed by atoms with Gasteiger partial charge in [-0.05, 0) is 12.3 Å². The van der Waals surface area contributed by atoms with Crippen molar-refractivity contribution in [1.82, 2.24) is 0 Å². The molecule has 0 fully saturated rings. The van der Waals surface area contributed by atoms with E-state index in [4.69, 9.17) is 0 Å². The van der Waals surface area contributed by atoms with Crippen molar-refractivity contribution in [3.8, 4) is 0 Å². The van der Waals surface area contributed by atoms with E-state index in [-0.39, 0.29) is 5.25 Å². The Morgan fingerprint density at radius 1 is 1.44 bits per heavy atom. The Kier molecular flexibility index (Phi) is 4.06. The largest absolute Gasteiger partial charge is 0.772 e. The third-order valence-corrected chi connectivity index (χ3v) is 1.98. The van der Waals surface area contributed by atoms with Gasteiger partial charge in [-0.1, -0.05) is 31.9 Å². The Hall–Kier alpha value is 0.110. The van der Waals surface area contributed by atoms with Crippen molar-refractivity contribution >= 4 is 11.1 Å². The van der Waals surface area contributed by atoms with E-state index in [9.17, 15) is 8.76 Å². The second-order valence-electron chi connectivity index (χ2n) is 2.70. The molecule has 0 aromatic carbocycles. The molecular formula is C6H13O2S-. The van der Waals surface area contributed by atoms with Gasteiger partial charge in [-0.3, -0.25) is 4.21 Å². The van der Waals surface area contributed by atoms with Gasteiger partial charge >= 0.3 is 0 Å². The maximum absolute atomic E-state index is 10.2. The summed E-state index contributed by atoms with van der Waals surface area (Å²) >= 11 is -1.88. The lowest BCUT2D eigenvalue weighted by Crippen LogP contribution is -2.12. The van der Waals surface area contributed by atoms with Crippen LogP contribution in [0.4, 0.5) is 0 Å². The van der Waals surface area contributed by atoms with Gasteiger partial charge in [0.1, 0.15) is 0 Å². The minimum Gasteiger partial charge on any atom is -0.772 e. The SMILES string of the molecule is CC(C)CC(C)S(=O)[O-]. The summed E-state index contributed by atoms with van der Waals surface area (Å²) in [5.41, 5.74) is 0. The summed E-state index contributed by atoms with van der Waals surface area (Å²) in [6.45, 7) is 5.76. The highest BCUT2D eigenvalue weighted by Gasteiger charge is 2.03. The van der Waals surface area contributed by atoms with Gasteiger partial charge in [0.05, 0.1) is 0 Å². The van der Waals surface area contributed by atoms with Crippen LogP contribution < -0.4 is 0 Å². The molecule has 0 bridgehead atoms. The second-order valence-corrected chi connectivity index (χ2v) is 4.03. The van der Waals surface area contributed by atoms with Gasteiger partial charge in [-0.2, -0.15) is 0 Å². The molecule has 0 rings (SSSR count). The molecule has 0 aliphatic carbocycles. The van der Waals surface area contributed by atoms with Gasteiger partial charge in [0.25, 0.3) is 0 Å². The highest BCUT2D eigenvalue weighted by atomic mass is 32.2. The molecule has 56 valence electrons. The minimum atomic E-state index is -1.88. The lowest BCUT2D eigenvalue weighted by atomic mass is 10.1. The van der Waals surface area contributed by atoms with Crippen LogP contribution in [0, 0.1) is 5.92 Å². The molecule has 0 aromatic rings. The molecule has 0 spiro atoms. The quantitative estimate of drug-likeness (QED) is 0.567. The summed E-state index contributed by atoms with van der Waals surface area (Å²) in [5.74, 6) is 0.470. The van der Waals surface area contributed by atoms with Crippen molar-refractivity contribution in [2.75, 3.05) is 0 Å². The zero-order chi connectivity index (χ0) is 7.44. The van der Waals surface area contributed by atoms with Crippen molar-refractivity contribution in [2.24, 2.45) is 5.92 Å². The molecule has 0 amide bonds. The summed E-state index contributed by atoms with van der Waals surface area (Å²) in [6, 6.07) is 0. The molecule has 0 radical (unpaired) electrons. The Balaban J connectivity index is 3.50. The van der Waals surface area contributed by atoms with Crippen molar-refractivity contribution in [2.45, 2.75) is 32.4 Å². The zero-order valence-electron chi connectivity index (χ0n) is 6.09. The maximum atomic E-state index is 10.2. The van der Waals surface area contributed by atoms with Gasteiger partial charge in [-0.25, -0.2) is 0 Å². The third kappa shape index (κ3) is 4.60. The molecule has 9 heavy (non-hydrogen) atoms. The van der Waals surface area contributed by atoms with Crippen LogP contribution in [0.2, 0.25) is 0 Å². The molecule has 2 atom stereocenters. The lowest BCUT2D eigenvalue weighted by molar-refractivity contribution is 0.499. The van der Waals surface area contributed by atoms with E-state index in [1.54, 1.807) is 6.92 Å². The second kappa shape index (κ2) is 4.01. The lowest BCUT2D eigenvalue weighted by Gasteiger charge is -2.15. The summed E-state index contributed by atoms with van der Waals surface area (Å²) in [6.07, 6.45) is 0.760. The van der Waals surface area contributed by atoms with Gasteiger partial charge in [0.15, 0.2) is 0 Å². The van der Waals surface area contributed by atoms with E-state index < -0.39 is 11.1 Å². The van der Waals surface area contributed by atoms with E-state index in [2.05, 4.69) is 0 Å². The first-order valence-electron chi connectivity index (χ1n) is 3.12. The van der Waals surface area contributed by atoms with Crippen LogP contribution in [-0.4, -0.2) is 14.0 Å². The van der Waals surface area contributed by atoms with Crippen LogP contribution in [0.15, 0.2) is 0 Å². The highest BCUT2D eigenvalue weighted by Crippen LogP contribution is 2.07. The number of hydrogen-bond donors (Lipinski definition) is 0. The highest BCUT2D eigenvalue weighted by molar-refractivity contribution is 7.79. The summed E-state index contributed by atoms with van der Waals surface area (Å²) in [4.78, 5) is 0. The average Bonchev–Trinajstić information content (AvgIpc) is 1.63. The molecule has 0 aromatic heterocycles. The van der Waals surface area contributed by atoms with Crippen molar-refractivity contribution in [1.29, 1.82) is 0 Å². The minimum absolute atomic E-state index is 0.190. The molecule has 0 N–H and O–H groups in total. The Bertz CT molecular complexity index is 101. The molecule has 0 aliphatic heterocycles. The van der Waals surface area contributed by atoms with Gasteiger partial charge in [0, 0.05) is 5.25 Å². The van der Waals surface area contributed by atoms with Crippen LogP contribution in [0.1, 0.15) is 27.2 Å². The predicted octanol–water partition coefficient (Wildman–Crippen LogP) is 1.30. The first-order chi connectivity index (χ1) is 4.04. The molecule has 2 nitrogen and oxygen atoms in total.